The van der Waals surface area contributed by atoms with E-state index in [1.165, 1.54) is 7.11 Å². The molecule has 6 nitrogen and oxygen atoms in total. The van der Waals surface area contributed by atoms with E-state index in [1.54, 1.807) is 17.5 Å². The summed E-state index contributed by atoms with van der Waals surface area (Å²) in [5, 5.41) is 6.49. The SMILES string of the molecule is COC(=O)CCCNc1nc(-c2ccccn2)nc2scc(-c3ccccc3)c12. The van der Waals surface area contributed by atoms with Crippen LogP contribution in [0.2, 0.25) is 0 Å². The molecule has 3 heterocycles. The molecule has 0 fully saturated rings. The van der Waals surface area contributed by atoms with Gasteiger partial charge in [-0.2, -0.15) is 0 Å². The van der Waals surface area contributed by atoms with E-state index in [0.717, 1.165) is 32.9 Å². The summed E-state index contributed by atoms with van der Waals surface area (Å²) in [6.45, 7) is 0.604. The van der Waals surface area contributed by atoms with Crippen molar-refractivity contribution in [3.05, 3.63) is 60.1 Å². The van der Waals surface area contributed by atoms with Gasteiger partial charge in [0.2, 0.25) is 0 Å². The Kier molecular flexibility index (Phi) is 5.76. The minimum atomic E-state index is -0.214. The van der Waals surface area contributed by atoms with Gasteiger partial charge in [-0.05, 0) is 24.1 Å². The van der Waals surface area contributed by atoms with Crippen molar-refractivity contribution in [2.75, 3.05) is 19.0 Å². The molecule has 0 spiro atoms. The fraction of sp³-hybridized carbons (Fsp3) is 0.182. The number of hydrogen-bond donors (Lipinski definition) is 1. The van der Waals surface area contributed by atoms with E-state index < -0.39 is 0 Å². The molecule has 0 unspecified atom stereocenters. The third kappa shape index (κ3) is 4.25. The van der Waals surface area contributed by atoms with Gasteiger partial charge in [-0.1, -0.05) is 36.4 Å². The first-order valence-corrected chi connectivity index (χ1v) is 10.2. The maximum Gasteiger partial charge on any atom is 0.305 e. The van der Waals surface area contributed by atoms with Crippen molar-refractivity contribution >= 4 is 33.3 Å². The molecule has 0 bridgehead atoms. The topological polar surface area (TPSA) is 77.0 Å². The summed E-state index contributed by atoms with van der Waals surface area (Å²) in [6.07, 6.45) is 2.75. The fourth-order valence-corrected chi connectivity index (χ4v) is 4.00. The van der Waals surface area contributed by atoms with Crippen LogP contribution in [0.1, 0.15) is 12.8 Å². The van der Waals surface area contributed by atoms with Crippen LogP contribution in [-0.4, -0.2) is 34.6 Å². The van der Waals surface area contributed by atoms with Gasteiger partial charge in [0.15, 0.2) is 5.82 Å². The predicted molar refractivity (Wildman–Crippen MR) is 116 cm³/mol. The van der Waals surface area contributed by atoms with E-state index in [0.29, 0.717) is 25.2 Å². The number of anilines is 1. The van der Waals surface area contributed by atoms with Crippen LogP contribution in [-0.2, 0) is 9.53 Å². The molecule has 0 amide bonds. The molecule has 0 saturated heterocycles. The number of thiophene rings is 1. The Morgan fingerprint density at radius 3 is 2.69 bits per heavy atom. The maximum absolute atomic E-state index is 11.4. The second-order valence-electron chi connectivity index (χ2n) is 6.41. The number of carbonyl (C=O) groups is 1. The normalized spacial score (nSPS) is 10.8. The van der Waals surface area contributed by atoms with Gasteiger partial charge < -0.3 is 10.1 Å². The molecule has 0 atom stereocenters. The van der Waals surface area contributed by atoms with E-state index in [-0.39, 0.29) is 5.97 Å². The number of hydrogen-bond acceptors (Lipinski definition) is 7. The van der Waals surface area contributed by atoms with Crippen LogP contribution in [0.15, 0.2) is 60.1 Å². The molecule has 7 heteroatoms. The van der Waals surface area contributed by atoms with Gasteiger partial charge in [0.05, 0.1) is 12.5 Å². The number of esters is 1. The fourth-order valence-electron chi connectivity index (χ4n) is 3.05. The van der Waals surface area contributed by atoms with Gasteiger partial charge in [-0.15, -0.1) is 11.3 Å². The maximum atomic E-state index is 11.4. The highest BCUT2D eigenvalue weighted by Gasteiger charge is 2.16. The number of pyridine rings is 1. The summed E-state index contributed by atoms with van der Waals surface area (Å²) >= 11 is 1.59. The average molecular weight is 404 g/mol. The first kappa shape index (κ1) is 19.0. The molecule has 146 valence electrons. The number of aromatic nitrogens is 3. The molecular weight excluding hydrogens is 384 g/mol. The molecule has 1 N–H and O–H groups in total. The van der Waals surface area contributed by atoms with E-state index in [9.17, 15) is 4.79 Å². The van der Waals surface area contributed by atoms with Crippen molar-refractivity contribution in [2.45, 2.75) is 12.8 Å². The number of carbonyl (C=O) groups excluding carboxylic acids is 1. The standard InChI is InChI=1S/C22H20N4O2S/c1-28-18(27)11-7-13-24-21-19-16(15-8-3-2-4-9-15)14-29-22(19)26-20(25-21)17-10-5-6-12-23-17/h2-6,8-10,12,14H,7,11,13H2,1H3,(H,24,25,26). The van der Waals surface area contributed by atoms with Crippen molar-refractivity contribution in [3.8, 4) is 22.6 Å². The largest absolute Gasteiger partial charge is 0.469 e. The van der Waals surface area contributed by atoms with Crippen LogP contribution in [0, 0.1) is 0 Å². The van der Waals surface area contributed by atoms with Gasteiger partial charge in [0.25, 0.3) is 0 Å². The Balaban J connectivity index is 1.73. The molecule has 0 saturated carbocycles. The molecule has 0 aliphatic rings. The smallest absolute Gasteiger partial charge is 0.305 e. The van der Waals surface area contributed by atoms with Crippen molar-refractivity contribution in [2.24, 2.45) is 0 Å². The van der Waals surface area contributed by atoms with Crippen LogP contribution < -0.4 is 5.32 Å². The minimum absolute atomic E-state index is 0.214. The Morgan fingerprint density at radius 1 is 1.10 bits per heavy atom. The van der Waals surface area contributed by atoms with E-state index in [1.807, 2.05) is 36.4 Å². The Labute approximate surface area is 172 Å². The Bertz CT molecular complexity index is 1110. The molecule has 4 rings (SSSR count). The van der Waals surface area contributed by atoms with E-state index >= 15 is 0 Å². The Morgan fingerprint density at radius 2 is 1.93 bits per heavy atom. The Hall–Kier alpha value is -3.32. The molecule has 29 heavy (non-hydrogen) atoms. The summed E-state index contributed by atoms with van der Waals surface area (Å²) in [5.74, 6) is 1.12. The van der Waals surface area contributed by atoms with Crippen molar-refractivity contribution in [1.29, 1.82) is 0 Å². The van der Waals surface area contributed by atoms with Crippen molar-refractivity contribution in [1.82, 2.24) is 15.0 Å². The highest BCUT2D eigenvalue weighted by molar-refractivity contribution is 7.17. The number of benzene rings is 1. The third-order valence-electron chi connectivity index (χ3n) is 4.49. The van der Waals surface area contributed by atoms with Crippen molar-refractivity contribution in [3.63, 3.8) is 0 Å². The second kappa shape index (κ2) is 8.79. The lowest BCUT2D eigenvalue weighted by Crippen LogP contribution is -2.08. The zero-order valence-corrected chi connectivity index (χ0v) is 16.8. The highest BCUT2D eigenvalue weighted by Crippen LogP contribution is 2.37. The lowest BCUT2D eigenvalue weighted by molar-refractivity contribution is -0.140. The lowest BCUT2D eigenvalue weighted by atomic mass is 10.1. The lowest BCUT2D eigenvalue weighted by Gasteiger charge is -2.10. The summed E-state index contributed by atoms with van der Waals surface area (Å²) in [6, 6.07) is 15.9. The molecule has 0 aliphatic heterocycles. The number of nitrogens with zero attached hydrogens (tertiary/aromatic N) is 3. The van der Waals surface area contributed by atoms with E-state index in [4.69, 9.17) is 14.7 Å². The first-order chi connectivity index (χ1) is 14.3. The van der Waals surface area contributed by atoms with Crippen molar-refractivity contribution < 1.29 is 9.53 Å². The van der Waals surface area contributed by atoms with Gasteiger partial charge in [0, 0.05) is 30.1 Å². The van der Waals surface area contributed by atoms with Gasteiger partial charge >= 0.3 is 5.97 Å². The summed E-state index contributed by atoms with van der Waals surface area (Å²) in [7, 11) is 1.40. The van der Waals surface area contributed by atoms with Crippen LogP contribution in [0.4, 0.5) is 5.82 Å². The van der Waals surface area contributed by atoms with Crippen LogP contribution in [0.3, 0.4) is 0 Å². The summed E-state index contributed by atoms with van der Waals surface area (Å²) < 4.78 is 4.72. The van der Waals surface area contributed by atoms with Gasteiger partial charge in [-0.3, -0.25) is 9.78 Å². The van der Waals surface area contributed by atoms with Crippen LogP contribution in [0.25, 0.3) is 32.9 Å². The zero-order chi connectivity index (χ0) is 20.1. The average Bonchev–Trinajstić information content (AvgIpc) is 3.22. The number of methoxy groups -OCH3 is 1. The van der Waals surface area contributed by atoms with Crippen LogP contribution in [0.5, 0.6) is 0 Å². The molecule has 3 aromatic heterocycles. The molecule has 4 aromatic rings. The number of rotatable bonds is 7. The summed E-state index contributed by atoms with van der Waals surface area (Å²) in [4.78, 5) is 26.2. The predicted octanol–water partition coefficient (Wildman–Crippen LogP) is 4.79. The monoisotopic (exact) mass is 404 g/mol. The minimum Gasteiger partial charge on any atom is -0.469 e. The summed E-state index contributed by atoms with van der Waals surface area (Å²) in [5.41, 5.74) is 2.93. The van der Waals surface area contributed by atoms with E-state index in [2.05, 4.69) is 27.8 Å². The molecular formula is C22H20N4O2S. The number of ether oxygens (including phenoxy) is 1. The van der Waals surface area contributed by atoms with Gasteiger partial charge in [0.1, 0.15) is 16.3 Å². The zero-order valence-electron chi connectivity index (χ0n) is 16.0. The quantitative estimate of drug-likeness (QED) is 0.353. The third-order valence-corrected chi connectivity index (χ3v) is 5.36. The highest BCUT2D eigenvalue weighted by atomic mass is 32.1. The molecule has 0 aliphatic carbocycles. The number of nitrogens with one attached hydrogen (secondary N) is 1. The second-order valence-corrected chi connectivity index (χ2v) is 7.27. The first-order valence-electron chi connectivity index (χ1n) is 9.33. The molecule has 0 radical (unpaired) electrons. The van der Waals surface area contributed by atoms with Gasteiger partial charge in [-0.25, -0.2) is 9.97 Å². The molecule has 1 aromatic carbocycles. The van der Waals surface area contributed by atoms with Crippen LogP contribution >= 0.6 is 11.3 Å². The number of fused-ring (bicyclic) bond motifs is 1.